The molecule has 1 amide bonds. The van der Waals surface area contributed by atoms with Crippen LogP contribution in [0.1, 0.15) is 40.4 Å². The van der Waals surface area contributed by atoms with Crippen LogP contribution in [0.25, 0.3) is 10.9 Å². The zero-order chi connectivity index (χ0) is 18.3. The van der Waals surface area contributed by atoms with Crippen LogP contribution in [0, 0.1) is 4.77 Å². The van der Waals surface area contributed by atoms with Crippen molar-refractivity contribution in [1.29, 1.82) is 0 Å². The molecular weight excluding hydrogens is 346 g/mol. The molecule has 0 saturated carbocycles. The summed E-state index contributed by atoms with van der Waals surface area (Å²) in [7, 11) is 1.63. The smallest absolute Gasteiger partial charge is 0.261 e. The van der Waals surface area contributed by atoms with Crippen molar-refractivity contribution >= 4 is 29.0 Å². The van der Waals surface area contributed by atoms with Gasteiger partial charge in [0.15, 0.2) is 4.77 Å². The van der Waals surface area contributed by atoms with Gasteiger partial charge in [-0.25, -0.2) is 0 Å². The quantitative estimate of drug-likeness (QED) is 0.684. The number of amides is 1. The molecule has 132 valence electrons. The number of rotatable bonds is 2. The Labute approximate surface area is 155 Å². The van der Waals surface area contributed by atoms with Crippen molar-refractivity contribution in [2.45, 2.75) is 25.3 Å². The van der Waals surface area contributed by atoms with Gasteiger partial charge in [0.05, 0.1) is 16.9 Å². The normalized spacial score (nSPS) is 16.3. The van der Waals surface area contributed by atoms with E-state index in [9.17, 15) is 9.59 Å². The van der Waals surface area contributed by atoms with Gasteiger partial charge in [-0.1, -0.05) is 24.3 Å². The van der Waals surface area contributed by atoms with Crippen molar-refractivity contribution in [1.82, 2.24) is 14.9 Å². The van der Waals surface area contributed by atoms with E-state index in [0.29, 0.717) is 21.2 Å². The first-order valence-corrected chi connectivity index (χ1v) is 9.07. The van der Waals surface area contributed by atoms with Gasteiger partial charge in [-0.3, -0.25) is 14.2 Å². The number of aromatic amines is 1. The van der Waals surface area contributed by atoms with Crippen molar-refractivity contribution in [3.05, 3.63) is 74.3 Å². The summed E-state index contributed by atoms with van der Waals surface area (Å²) in [5.74, 6) is -0.145. The fourth-order valence-corrected chi connectivity index (χ4v) is 3.79. The molecular formula is C20H19N3O2S. The fourth-order valence-electron chi connectivity index (χ4n) is 3.59. The molecule has 1 atom stereocenters. The summed E-state index contributed by atoms with van der Waals surface area (Å²) in [4.78, 5) is 28.0. The standard InChI is InChI=1S/C20H19N3O2S/c1-23-19(25)15-10-9-13(11-17(15)22-20(23)26)18(24)21-16-8-4-6-12-5-2-3-7-14(12)16/h2-3,5,7,9-11,16H,4,6,8H2,1H3,(H,21,24)(H,22,26). The molecule has 3 aromatic rings. The van der Waals surface area contributed by atoms with Gasteiger partial charge in [0.25, 0.3) is 11.5 Å². The topological polar surface area (TPSA) is 66.9 Å². The molecule has 1 heterocycles. The summed E-state index contributed by atoms with van der Waals surface area (Å²) in [6.45, 7) is 0. The van der Waals surface area contributed by atoms with E-state index in [1.165, 1.54) is 15.7 Å². The summed E-state index contributed by atoms with van der Waals surface area (Å²) in [5.41, 5.74) is 3.42. The number of hydrogen-bond acceptors (Lipinski definition) is 3. The minimum Gasteiger partial charge on any atom is -0.345 e. The van der Waals surface area contributed by atoms with Crippen molar-refractivity contribution in [2.24, 2.45) is 7.05 Å². The van der Waals surface area contributed by atoms with Crippen LogP contribution in [0.3, 0.4) is 0 Å². The lowest BCUT2D eigenvalue weighted by atomic mass is 9.87. The molecule has 0 radical (unpaired) electrons. The Morgan fingerprint density at radius 1 is 1.27 bits per heavy atom. The molecule has 4 rings (SSSR count). The molecule has 6 heteroatoms. The Morgan fingerprint density at radius 3 is 2.92 bits per heavy atom. The largest absolute Gasteiger partial charge is 0.345 e. The molecule has 26 heavy (non-hydrogen) atoms. The van der Waals surface area contributed by atoms with Crippen molar-refractivity contribution < 1.29 is 4.79 Å². The zero-order valence-corrected chi connectivity index (χ0v) is 15.2. The second kappa shape index (κ2) is 6.53. The van der Waals surface area contributed by atoms with Gasteiger partial charge in [-0.05, 0) is 60.8 Å². The Bertz CT molecular complexity index is 1130. The average molecular weight is 365 g/mol. The SMILES string of the molecule is Cn1c(=S)[nH]c2cc(C(=O)NC3CCCc4ccccc43)ccc2c1=O. The first-order chi connectivity index (χ1) is 12.5. The van der Waals surface area contributed by atoms with Crippen LogP contribution < -0.4 is 10.9 Å². The first kappa shape index (κ1) is 16.7. The van der Waals surface area contributed by atoms with E-state index in [4.69, 9.17) is 12.2 Å². The third-order valence-electron chi connectivity index (χ3n) is 5.04. The van der Waals surface area contributed by atoms with Gasteiger partial charge in [0, 0.05) is 12.6 Å². The summed E-state index contributed by atoms with van der Waals surface area (Å²) in [6.07, 6.45) is 3.04. The van der Waals surface area contributed by atoms with Crippen LogP contribution in [-0.4, -0.2) is 15.5 Å². The van der Waals surface area contributed by atoms with E-state index in [1.807, 2.05) is 12.1 Å². The Kier molecular flexibility index (Phi) is 4.20. The molecule has 2 N–H and O–H groups in total. The summed E-state index contributed by atoms with van der Waals surface area (Å²) in [6, 6.07) is 13.3. The molecule has 0 bridgehead atoms. The number of fused-ring (bicyclic) bond motifs is 2. The summed E-state index contributed by atoms with van der Waals surface area (Å²) in [5, 5.41) is 3.65. The predicted molar refractivity (Wildman–Crippen MR) is 104 cm³/mol. The molecule has 1 aliphatic rings. The summed E-state index contributed by atoms with van der Waals surface area (Å²) >= 11 is 5.16. The summed E-state index contributed by atoms with van der Waals surface area (Å²) < 4.78 is 1.72. The van der Waals surface area contributed by atoms with Crippen LogP contribution in [0.2, 0.25) is 0 Å². The molecule has 0 saturated heterocycles. The minimum absolute atomic E-state index is 0.0188. The van der Waals surface area contributed by atoms with Gasteiger partial charge in [-0.15, -0.1) is 0 Å². The minimum atomic E-state index is -0.170. The van der Waals surface area contributed by atoms with E-state index in [0.717, 1.165) is 19.3 Å². The van der Waals surface area contributed by atoms with Gasteiger partial charge in [0.2, 0.25) is 0 Å². The number of nitrogens with zero attached hydrogens (tertiary/aromatic N) is 1. The predicted octanol–water partition coefficient (Wildman–Crippen LogP) is 3.40. The number of hydrogen-bond donors (Lipinski definition) is 2. The van der Waals surface area contributed by atoms with E-state index in [-0.39, 0.29) is 17.5 Å². The Hall–Kier alpha value is -2.73. The highest BCUT2D eigenvalue weighted by molar-refractivity contribution is 7.71. The lowest BCUT2D eigenvalue weighted by Gasteiger charge is -2.26. The number of nitrogens with one attached hydrogen (secondary N) is 2. The van der Waals surface area contributed by atoms with Crippen LogP contribution >= 0.6 is 12.2 Å². The van der Waals surface area contributed by atoms with Gasteiger partial charge >= 0.3 is 0 Å². The van der Waals surface area contributed by atoms with Crippen molar-refractivity contribution in [3.8, 4) is 0 Å². The van der Waals surface area contributed by atoms with E-state index >= 15 is 0 Å². The number of carbonyl (C=O) groups is 1. The fraction of sp³-hybridized carbons (Fsp3) is 0.250. The van der Waals surface area contributed by atoms with E-state index in [1.54, 1.807) is 25.2 Å². The lowest BCUT2D eigenvalue weighted by Crippen LogP contribution is -2.31. The molecule has 1 unspecified atom stereocenters. The number of aromatic nitrogens is 2. The van der Waals surface area contributed by atoms with Crippen molar-refractivity contribution in [2.75, 3.05) is 0 Å². The molecule has 0 fully saturated rings. The third-order valence-corrected chi connectivity index (χ3v) is 5.41. The monoisotopic (exact) mass is 365 g/mol. The van der Waals surface area contributed by atoms with Gasteiger partial charge in [-0.2, -0.15) is 0 Å². The molecule has 2 aromatic carbocycles. The molecule has 0 spiro atoms. The Morgan fingerprint density at radius 2 is 2.08 bits per heavy atom. The van der Waals surface area contributed by atoms with Crippen LogP contribution in [0.15, 0.2) is 47.3 Å². The average Bonchev–Trinajstić information content (AvgIpc) is 2.66. The second-order valence-electron chi connectivity index (χ2n) is 6.67. The molecule has 1 aliphatic carbocycles. The maximum absolute atomic E-state index is 12.8. The Balaban J connectivity index is 1.66. The van der Waals surface area contributed by atoms with E-state index < -0.39 is 0 Å². The third kappa shape index (κ3) is 2.86. The van der Waals surface area contributed by atoms with Gasteiger partial charge in [0.1, 0.15) is 0 Å². The van der Waals surface area contributed by atoms with Crippen LogP contribution in [0.5, 0.6) is 0 Å². The zero-order valence-electron chi connectivity index (χ0n) is 14.4. The highest BCUT2D eigenvalue weighted by Crippen LogP contribution is 2.29. The van der Waals surface area contributed by atoms with Gasteiger partial charge < -0.3 is 10.3 Å². The maximum Gasteiger partial charge on any atom is 0.261 e. The number of benzene rings is 2. The highest BCUT2D eigenvalue weighted by atomic mass is 32.1. The highest BCUT2D eigenvalue weighted by Gasteiger charge is 2.22. The lowest BCUT2D eigenvalue weighted by molar-refractivity contribution is 0.0933. The van der Waals surface area contributed by atoms with Crippen molar-refractivity contribution in [3.63, 3.8) is 0 Å². The second-order valence-corrected chi connectivity index (χ2v) is 7.06. The first-order valence-electron chi connectivity index (χ1n) is 8.66. The molecule has 5 nitrogen and oxygen atoms in total. The molecule has 0 aliphatic heterocycles. The molecule has 1 aromatic heterocycles. The number of carbonyl (C=O) groups excluding carboxylic acids is 1. The maximum atomic E-state index is 12.8. The van der Waals surface area contributed by atoms with Crippen LogP contribution in [0.4, 0.5) is 0 Å². The van der Waals surface area contributed by atoms with Crippen LogP contribution in [-0.2, 0) is 13.5 Å². The van der Waals surface area contributed by atoms with E-state index in [2.05, 4.69) is 22.4 Å². The number of H-pyrrole nitrogens is 1. The number of aryl methyl sites for hydroxylation is 1.